The van der Waals surface area contributed by atoms with Gasteiger partial charge in [0.05, 0.1) is 0 Å². The first-order valence-electron chi connectivity index (χ1n) is 2.98. The molecular formula is C6H18N2. The van der Waals surface area contributed by atoms with Crippen LogP contribution in [0.1, 0.15) is 27.7 Å². The summed E-state index contributed by atoms with van der Waals surface area (Å²) in [5.74, 6) is 0. The van der Waals surface area contributed by atoms with Crippen LogP contribution in [0.25, 0.3) is 0 Å². The Morgan fingerprint density at radius 2 is 0.750 bits per heavy atom. The van der Waals surface area contributed by atoms with E-state index in [2.05, 4.69) is 0 Å². The van der Waals surface area contributed by atoms with Crippen LogP contribution in [0.2, 0.25) is 0 Å². The van der Waals surface area contributed by atoms with Gasteiger partial charge in [0.1, 0.15) is 0 Å². The molecule has 0 bridgehead atoms. The van der Waals surface area contributed by atoms with Crippen molar-refractivity contribution in [3.63, 3.8) is 0 Å². The molecule has 0 atom stereocenters. The largest absolute Gasteiger partial charge is 0.328 e. The van der Waals surface area contributed by atoms with E-state index in [-0.39, 0.29) is 0 Å². The maximum Gasteiger partial charge on any atom is -0.00179 e. The van der Waals surface area contributed by atoms with Gasteiger partial charge in [0.15, 0.2) is 0 Å². The Morgan fingerprint density at radius 3 is 0.750 bits per heavy atom. The predicted octanol–water partition coefficient (Wildman–Crippen LogP) is 0.707. The Labute approximate surface area is 52.2 Å². The molecule has 0 aliphatic heterocycles. The van der Waals surface area contributed by atoms with E-state index in [1.807, 2.05) is 27.7 Å². The van der Waals surface area contributed by atoms with Crippen LogP contribution in [0.4, 0.5) is 0 Å². The molecule has 2 heteroatoms. The molecule has 0 unspecified atom stereocenters. The third-order valence-electron chi connectivity index (χ3n) is 0. The molecule has 0 amide bonds. The molecule has 0 aliphatic carbocycles. The first-order chi connectivity index (χ1) is 3.46. The molecule has 0 aromatic heterocycles. The lowest BCUT2D eigenvalue weighted by Gasteiger charge is -1.81. The second kappa shape index (κ2) is 6.92. The highest BCUT2D eigenvalue weighted by Gasteiger charge is 1.67. The van der Waals surface area contributed by atoms with E-state index in [1.54, 1.807) is 0 Å². The van der Waals surface area contributed by atoms with Gasteiger partial charge in [-0.25, -0.2) is 0 Å². The Balaban J connectivity index is 0. The van der Waals surface area contributed by atoms with Crippen LogP contribution in [-0.2, 0) is 0 Å². The maximum absolute atomic E-state index is 5.11. The molecule has 0 fully saturated rings. The van der Waals surface area contributed by atoms with Crippen LogP contribution in [-0.4, -0.2) is 12.1 Å². The zero-order chi connectivity index (χ0) is 7.15. The van der Waals surface area contributed by atoms with Crippen molar-refractivity contribution in [2.45, 2.75) is 39.8 Å². The van der Waals surface area contributed by atoms with Gasteiger partial charge in [-0.15, -0.1) is 0 Å². The van der Waals surface area contributed by atoms with Gasteiger partial charge < -0.3 is 11.5 Å². The van der Waals surface area contributed by atoms with Gasteiger partial charge in [0, 0.05) is 0 Å². The third-order valence-corrected chi connectivity index (χ3v) is 0. The topological polar surface area (TPSA) is 52.0 Å². The number of nitrogens with two attached hydrogens (primary N) is 2. The maximum atomic E-state index is 5.11. The lowest BCUT2D eigenvalue weighted by molar-refractivity contribution is 0.834. The number of rotatable bonds is 0. The molecule has 2 nitrogen and oxygen atoms in total. The van der Waals surface area contributed by atoms with E-state index < -0.39 is 0 Å². The van der Waals surface area contributed by atoms with Crippen molar-refractivity contribution >= 4 is 0 Å². The van der Waals surface area contributed by atoms with Crippen molar-refractivity contribution in [2.24, 2.45) is 11.5 Å². The highest BCUT2D eigenvalue weighted by Crippen LogP contribution is 1.58. The van der Waals surface area contributed by atoms with E-state index in [0.717, 1.165) is 0 Å². The van der Waals surface area contributed by atoms with Crippen LogP contribution >= 0.6 is 0 Å². The summed E-state index contributed by atoms with van der Waals surface area (Å²) in [6.45, 7) is 7.78. The zero-order valence-electron chi connectivity index (χ0n) is 6.31. The van der Waals surface area contributed by atoms with Crippen molar-refractivity contribution in [3.05, 3.63) is 0 Å². The van der Waals surface area contributed by atoms with E-state index in [1.165, 1.54) is 0 Å². The standard InChI is InChI=1S/2C3H9N/c2*1-3(2)4/h2*3H,4H2,1-2H3. The normalized spacial score (nSPS) is 9.00. The Morgan fingerprint density at radius 1 is 0.750 bits per heavy atom. The molecule has 4 N–H and O–H groups in total. The molecule has 0 heterocycles. The minimum absolute atomic E-state index is 0.333. The molecular weight excluding hydrogens is 100 g/mol. The van der Waals surface area contributed by atoms with Crippen LogP contribution in [0.15, 0.2) is 0 Å². The predicted molar refractivity (Wildman–Crippen MR) is 38.6 cm³/mol. The first-order valence-corrected chi connectivity index (χ1v) is 2.98. The van der Waals surface area contributed by atoms with Gasteiger partial charge in [-0.1, -0.05) is 27.7 Å². The SMILES string of the molecule is CC(C)N.CC(C)N. The van der Waals surface area contributed by atoms with Gasteiger partial charge in [0.2, 0.25) is 0 Å². The number of hydrogen-bond acceptors (Lipinski definition) is 2. The summed E-state index contributed by atoms with van der Waals surface area (Å²) in [5.41, 5.74) is 10.2. The van der Waals surface area contributed by atoms with Gasteiger partial charge in [-0.3, -0.25) is 0 Å². The minimum atomic E-state index is 0.333. The molecule has 0 saturated heterocycles. The van der Waals surface area contributed by atoms with Crippen LogP contribution < -0.4 is 11.5 Å². The fourth-order valence-electron chi connectivity index (χ4n) is 0. The molecule has 8 heavy (non-hydrogen) atoms. The van der Waals surface area contributed by atoms with E-state index >= 15 is 0 Å². The summed E-state index contributed by atoms with van der Waals surface area (Å²) in [6.07, 6.45) is 0. The van der Waals surface area contributed by atoms with Gasteiger partial charge in [-0.2, -0.15) is 0 Å². The Hall–Kier alpha value is -0.0800. The first kappa shape index (κ1) is 10.8. The van der Waals surface area contributed by atoms with Crippen LogP contribution in [0.5, 0.6) is 0 Å². The second-order valence-electron chi connectivity index (χ2n) is 2.49. The van der Waals surface area contributed by atoms with Crippen LogP contribution in [0.3, 0.4) is 0 Å². The summed E-state index contributed by atoms with van der Waals surface area (Å²) in [4.78, 5) is 0. The zero-order valence-corrected chi connectivity index (χ0v) is 6.31. The average molecular weight is 118 g/mol. The van der Waals surface area contributed by atoms with Crippen molar-refractivity contribution in [2.75, 3.05) is 0 Å². The molecule has 0 saturated carbocycles. The average Bonchev–Trinajstić information content (AvgIpc) is 1.25. The fourth-order valence-corrected chi connectivity index (χ4v) is 0. The second-order valence-corrected chi connectivity index (χ2v) is 2.49. The van der Waals surface area contributed by atoms with Crippen molar-refractivity contribution in [1.29, 1.82) is 0 Å². The lowest BCUT2D eigenvalue weighted by atomic mass is 10.4. The highest BCUT2D eigenvalue weighted by atomic mass is 14.6. The molecule has 0 spiro atoms. The Bertz CT molecular complexity index is 22.0. The molecule has 0 aromatic carbocycles. The lowest BCUT2D eigenvalue weighted by Crippen LogP contribution is -2.07. The molecule has 0 rings (SSSR count). The molecule has 0 radical (unpaired) electrons. The fraction of sp³-hybridized carbons (Fsp3) is 1.00. The highest BCUT2D eigenvalue weighted by molar-refractivity contribution is 4.32. The van der Waals surface area contributed by atoms with Crippen LogP contribution in [0, 0.1) is 0 Å². The molecule has 0 aromatic rings. The monoisotopic (exact) mass is 118 g/mol. The minimum Gasteiger partial charge on any atom is -0.328 e. The van der Waals surface area contributed by atoms with E-state index in [9.17, 15) is 0 Å². The van der Waals surface area contributed by atoms with E-state index in [4.69, 9.17) is 11.5 Å². The summed E-state index contributed by atoms with van der Waals surface area (Å²) in [5, 5.41) is 0. The van der Waals surface area contributed by atoms with Gasteiger partial charge in [0.25, 0.3) is 0 Å². The molecule has 0 aliphatic rings. The van der Waals surface area contributed by atoms with Gasteiger partial charge in [-0.05, 0) is 12.1 Å². The van der Waals surface area contributed by atoms with Gasteiger partial charge >= 0.3 is 0 Å². The van der Waals surface area contributed by atoms with E-state index in [0.29, 0.717) is 12.1 Å². The Kier molecular flexibility index (Phi) is 9.36. The summed E-state index contributed by atoms with van der Waals surface area (Å²) < 4.78 is 0. The van der Waals surface area contributed by atoms with Crippen molar-refractivity contribution in [3.8, 4) is 0 Å². The quantitative estimate of drug-likeness (QED) is 0.492. The van der Waals surface area contributed by atoms with Crippen molar-refractivity contribution < 1.29 is 0 Å². The molecule has 52 valence electrons. The summed E-state index contributed by atoms with van der Waals surface area (Å²) in [6, 6.07) is 0.667. The number of hydrogen-bond donors (Lipinski definition) is 2. The third kappa shape index (κ3) is 22400. The summed E-state index contributed by atoms with van der Waals surface area (Å²) >= 11 is 0. The summed E-state index contributed by atoms with van der Waals surface area (Å²) in [7, 11) is 0. The smallest absolute Gasteiger partial charge is 0.00179 e. The van der Waals surface area contributed by atoms with Crippen molar-refractivity contribution in [1.82, 2.24) is 0 Å².